The lowest BCUT2D eigenvalue weighted by Gasteiger charge is -2.35. The van der Waals surface area contributed by atoms with E-state index in [2.05, 4.69) is 10.2 Å². The fraction of sp³-hybridized carbons (Fsp3) is 0.571. The summed E-state index contributed by atoms with van der Waals surface area (Å²) in [5.74, 6) is -0.404. The molecule has 0 atom stereocenters. The second-order valence-corrected chi connectivity index (χ2v) is 7.87. The lowest BCUT2D eigenvalue weighted by Crippen LogP contribution is -2.50. The summed E-state index contributed by atoms with van der Waals surface area (Å²) in [4.78, 5) is 39.4. The maximum atomic E-state index is 12.1. The molecule has 1 heterocycles. The molecular formula is C21H31N3O6. The zero-order chi connectivity index (χ0) is 22.1. The highest BCUT2D eigenvalue weighted by molar-refractivity contribution is 5.91. The van der Waals surface area contributed by atoms with E-state index in [9.17, 15) is 14.4 Å². The standard InChI is InChI=1S/C21H31N3O6/c1-5-28-18(25)16-6-8-17(9-7-16)22-19(26)29-15-14-23-10-12-24(13-11-23)20(27)30-21(2,3)4/h6-9H,5,10-15H2,1-4H3,(H,22,26). The van der Waals surface area contributed by atoms with Gasteiger partial charge in [0.1, 0.15) is 12.2 Å². The molecule has 0 aromatic heterocycles. The topological polar surface area (TPSA) is 97.4 Å². The van der Waals surface area contributed by atoms with Gasteiger partial charge < -0.3 is 19.1 Å². The molecule has 1 N–H and O–H groups in total. The Kier molecular flexibility index (Phi) is 8.46. The molecule has 0 radical (unpaired) electrons. The molecule has 2 rings (SSSR count). The molecule has 9 heteroatoms. The third-order valence-corrected chi connectivity index (χ3v) is 4.31. The molecule has 166 valence electrons. The van der Waals surface area contributed by atoms with Crippen LogP contribution in [-0.2, 0) is 14.2 Å². The van der Waals surface area contributed by atoms with E-state index in [4.69, 9.17) is 14.2 Å². The van der Waals surface area contributed by atoms with Gasteiger partial charge in [0.15, 0.2) is 0 Å². The molecule has 0 saturated carbocycles. The Morgan fingerprint density at radius 1 is 1.00 bits per heavy atom. The highest BCUT2D eigenvalue weighted by Crippen LogP contribution is 2.13. The Morgan fingerprint density at radius 2 is 1.63 bits per heavy atom. The number of carbonyl (C=O) groups excluding carboxylic acids is 3. The number of piperazine rings is 1. The molecule has 0 bridgehead atoms. The number of ether oxygens (including phenoxy) is 3. The quantitative estimate of drug-likeness (QED) is 0.557. The summed E-state index contributed by atoms with van der Waals surface area (Å²) in [6.07, 6.45) is -0.863. The Morgan fingerprint density at radius 3 is 2.20 bits per heavy atom. The minimum absolute atomic E-state index is 0.235. The van der Waals surface area contributed by atoms with Gasteiger partial charge in [0, 0.05) is 38.4 Å². The Bertz CT molecular complexity index is 721. The van der Waals surface area contributed by atoms with Crippen molar-refractivity contribution in [1.82, 2.24) is 9.80 Å². The summed E-state index contributed by atoms with van der Waals surface area (Å²) in [5.41, 5.74) is 0.439. The first-order chi connectivity index (χ1) is 14.2. The predicted molar refractivity (Wildman–Crippen MR) is 112 cm³/mol. The van der Waals surface area contributed by atoms with Gasteiger partial charge >= 0.3 is 18.2 Å². The van der Waals surface area contributed by atoms with E-state index in [1.54, 1.807) is 36.1 Å². The summed E-state index contributed by atoms with van der Waals surface area (Å²) in [7, 11) is 0. The van der Waals surface area contributed by atoms with Gasteiger partial charge in [0.2, 0.25) is 0 Å². The van der Waals surface area contributed by atoms with Crippen LogP contribution in [-0.4, -0.2) is 79.5 Å². The number of carbonyl (C=O) groups is 3. The lowest BCUT2D eigenvalue weighted by atomic mass is 10.2. The minimum Gasteiger partial charge on any atom is -0.462 e. The molecule has 2 amide bonds. The van der Waals surface area contributed by atoms with Crippen molar-refractivity contribution in [2.24, 2.45) is 0 Å². The van der Waals surface area contributed by atoms with Crippen molar-refractivity contribution in [1.29, 1.82) is 0 Å². The molecule has 1 aromatic rings. The van der Waals surface area contributed by atoms with Gasteiger partial charge in [-0.3, -0.25) is 10.2 Å². The summed E-state index contributed by atoms with van der Waals surface area (Å²) in [5, 5.41) is 2.62. The Labute approximate surface area is 177 Å². The van der Waals surface area contributed by atoms with E-state index in [1.165, 1.54) is 0 Å². The van der Waals surface area contributed by atoms with E-state index in [0.717, 1.165) is 0 Å². The average molecular weight is 421 g/mol. The Balaban J connectivity index is 1.66. The molecule has 1 aromatic carbocycles. The molecule has 9 nitrogen and oxygen atoms in total. The van der Waals surface area contributed by atoms with Crippen LogP contribution >= 0.6 is 0 Å². The molecule has 1 aliphatic heterocycles. The zero-order valence-electron chi connectivity index (χ0n) is 18.1. The average Bonchev–Trinajstić information content (AvgIpc) is 2.68. The van der Waals surface area contributed by atoms with Gasteiger partial charge in [-0.2, -0.15) is 0 Å². The largest absolute Gasteiger partial charge is 0.462 e. The maximum absolute atomic E-state index is 12.1. The fourth-order valence-electron chi connectivity index (χ4n) is 2.81. The second-order valence-electron chi connectivity index (χ2n) is 7.87. The number of rotatable bonds is 6. The summed E-state index contributed by atoms with van der Waals surface area (Å²) in [6.45, 7) is 10.9. The summed E-state index contributed by atoms with van der Waals surface area (Å²) >= 11 is 0. The molecule has 0 unspecified atom stereocenters. The van der Waals surface area contributed by atoms with Crippen molar-refractivity contribution in [2.45, 2.75) is 33.3 Å². The van der Waals surface area contributed by atoms with Crippen molar-refractivity contribution in [3.8, 4) is 0 Å². The normalized spacial score (nSPS) is 14.7. The van der Waals surface area contributed by atoms with E-state index < -0.39 is 17.7 Å². The number of nitrogens with zero attached hydrogens (tertiary/aromatic N) is 2. The Hall–Kier alpha value is -2.81. The van der Waals surface area contributed by atoms with E-state index in [1.807, 2.05) is 20.8 Å². The van der Waals surface area contributed by atoms with E-state index in [-0.39, 0.29) is 12.7 Å². The number of nitrogens with one attached hydrogen (secondary N) is 1. The number of amides is 2. The van der Waals surface area contributed by atoms with Gasteiger partial charge in [-0.05, 0) is 52.0 Å². The van der Waals surface area contributed by atoms with Gasteiger partial charge in [0.25, 0.3) is 0 Å². The number of benzene rings is 1. The van der Waals surface area contributed by atoms with Crippen molar-refractivity contribution in [2.75, 3.05) is 51.3 Å². The van der Waals surface area contributed by atoms with Crippen molar-refractivity contribution in [3.63, 3.8) is 0 Å². The van der Waals surface area contributed by atoms with Crippen LogP contribution in [0.4, 0.5) is 15.3 Å². The van der Waals surface area contributed by atoms with Gasteiger partial charge in [-0.25, -0.2) is 14.4 Å². The molecule has 0 aliphatic carbocycles. The summed E-state index contributed by atoms with van der Waals surface area (Å²) < 4.78 is 15.5. The van der Waals surface area contributed by atoms with Gasteiger partial charge in [-0.15, -0.1) is 0 Å². The molecule has 30 heavy (non-hydrogen) atoms. The summed E-state index contributed by atoms with van der Waals surface area (Å²) in [6, 6.07) is 6.39. The molecule has 1 fully saturated rings. The molecule has 1 aliphatic rings. The van der Waals surface area contributed by atoms with Gasteiger partial charge in [-0.1, -0.05) is 0 Å². The van der Waals surface area contributed by atoms with E-state index >= 15 is 0 Å². The first-order valence-electron chi connectivity index (χ1n) is 10.1. The highest BCUT2D eigenvalue weighted by Gasteiger charge is 2.25. The van der Waals surface area contributed by atoms with Crippen LogP contribution in [0.3, 0.4) is 0 Å². The minimum atomic E-state index is -0.564. The lowest BCUT2D eigenvalue weighted by molar-refractivity contribution is 0.0132. The molecule has 1 saturated heterocycles. The molecule has 0 spiro atoms. The van der Waals surface area contributed by atoms with Crippen LogP contribution < -0.4 is 5.32 Å². The van der Waals surface area contributed by atoms with E-state index in [0.29, 0.717) is 50.6 Å². The third kappa shape index (κ3) is 7.90. The zero-order valence-corrected chi connectivity index (χ0v) is 18.1. The number of esters is 1. The molecular weight excluding hydrogens is 390 g/mol. The smallest absolute Gasteiger partial charge is 0.411 e. The number of hydrogen-bond donors (Lipinski definition) is 1. The monoisotopic (exact) mass is 421 g/mol. The predicted octanol–water partition coefficient (Wildman–Crippen LogP) is 2.96. The number of hydrogen-bond acceptors (Lipinski definition) is 7. The third-order valence-electron chi connectivity index (χ3n) is 4.31. The SMILES string of the molecule is CCOC(=O)c1ccc(NC(=O)OCCN2CCN(C(=O)OC(C)(C)C)CC2)cc1. The fourth-order valence-corrected chi connectivity index (χ4v) is 2.81. The second kappa shape index (κ2) is 10.8. The van der Waals surface area contributed by atoms with Crippen molar-refractivity contribution < 1.29 is 28.6 Å². The van der Waals surface area contributed by atoms with Crippen LogP contribution in [0.1, 0.15) is 38.1 Å². The van der Waals surface area contributed by atoms with Gasteiger partial charge in [0.05, 0.1) is 12.2 Å². The maximum Gasteiger partial charge on any atom is 0.411 e. The highest BCUT2D eigenvalue weighted by atomic mass is 16.6. The van der Waals surface area contributed by atoms with Crippen LogP contribution in [0.15, 0.2) is 24.3 Å². The first kappa shape index (κ1) is 23.5. The van der Waals surface area contributed by atoms with Crippen LogP contribution in [0.25, 0.3) is 0 Å². The number of anilines is 1. The van der Waals surface area contributed by atoms with Crippen LogP contribution in [0.2, 0.25) is 0 Å². The van der Waals surface area contributed by atoms with Crippen molar-refractivity contribution >= 4 is 23.8 Å². The first-order valence-corrected chi connectivity index (χ1v) is 10.1. The van der Waals surface area contributed by atoms with Crippen molar-refractivity contribution in [3.05, 3.63) is 29.8 Å². The van der Waals surface area contributed by atoms with Crippen LogP contribution in [0, 0.1) is 0 Å². The van der Waals surface area contributed by atoms with Crippen LogP contribution in [0.5, 0.6) is 0 Å².